The second-order valence-corrected chi connectivity index (χ2v) is 12.3. The van der Waals surface area contributed by atoms with Crippen LogP contribution in [0.15, 0.2) is 48.9 Å². The summed E-state index contributed by atoms with van der Waals surface area (Å²) in [5.74, 6) is 0.431. The van der Waals surface area contributed by atoms with Gasteiger partial charge in [-0.1, -0.05) is 11.6 Å². The minimum Gasteiger partial charge on any atom is -0.397 e. The van der Waals surface area contributed by atoms with Gasteiger partial charge in [-0.25, -0.2) is 14.6 Å². The largest absolute Gasteiger partial charge is 0.397 e. The van der Waals surface area contributed by atoms with Gasteiger partial charge in [-0.3, -0.25) is 14.4 Å². The molecule has 46 heavy (non-hydrogen) atoms. The number of hydrogen-bond acceptors (Lipinski definition) is 8. The van der Waals surface area contributed by atoms with Crippen LogP contribution in [0.1, 0.15) is 39.5 Å². The van der Waals surface area contributed by atoms with Gasteiger partial charge in [0, 0.05) is 56.6 Å². The minimum absolute atomic E-state index is 0.0639. The van der Waals surface area contributed by atoms with Crippen LogP contribution in [0.3, 0.4) is 0 Å². The van der Waals surface area contributed by atoms with E-state index in [1.54, 1.807) is 63.9 Å². The number of aromatic nitrogens is 5. The van der Waals surface area contributed by atoms with E-state index < -0.39 is 5.91 Å². The summed E-state index contributed by atoms with van der Waals surface area (Å²) >= 11 is 6.55. The van der Waals surface area contributed by atoms with Crippen LogP contribution < -0.4 is 11.1 Å². The molecule has 0 radical (unpaired) electrons. The number of amides is 3. The van der Waals surface area contributed by atoms with Gasteiger partial charge in [-0.05, 0) is 70.2 Å². The highest BCUT2D eigenvalue weighted by Gasteiger charge is 2.31. The number of imidazole rings is 1. The van der Waals surface area contributed by atoms with Crippen molar-refractivity contribution in [3.8, 4) is 17.1 Å². The molecule has 0 saturated carbocycles. The molecule has 3 N–H and O–H groups in total. The van der Waals surface area contributed by atoms with Gasteiger partial charge in [0.15, 0.2) is 11.6 Å². The fraction of sp³-hybridized carbons (Fsp3) is 0.375. The standard InChI is InChI=1S/C32H37ClN10O3/c1-20-25(19-43(38-20)28-7-4-22(34)17-35-28)27-18-36-29(40(27)3)30(44)37-23-5-6-24(26(33)16-23)32(46)42-14-12-41(13-15-42)31(45)21-8-10-39(2)11-9-21/h4-7,16-19,21H,8-15,34H2,1-3H3,(H,37,44). The molecule has 2 saturated heterocycles. The van der Waals surface area contributed by atoms with E-state index >= 15 is 0 Å². The number of pyridine rings is 1. The fourth-order valence-corrected chi connectivity index (χ4v) is 6.26. The molecule has 3 aromatic heterocycles. The van der Waals surface area contributed by atoms with Crippen molar-refractivity contribution in [3.05, 3.63) is 71.0 Å². The number of hydrogen-bond donors (Lipinski definition) is 2. The van der Waals surface area contributed by atoms with Gasteiger partial charge >= 0.3 is 0 Å². The Bertz CT molecular complexity index is 1770. The minimum atomic E-state index is -0.431. The molecule has 4 aromatic rings. The van der Waals surface area contributed by atoms with Gasteiger partial charge in [-0.15, -0.1) is 0 Å². The smallest absolute Gasteiger partial charge is 0.291 e. The number of benzene rings is 1. The summed E-state index contributed by atoms with van der Waals surface area (Å²) in [6.07, 6.45) is 6.77. The van der Waals surface area contributed by atoms with Crippen molar-refractivity contribution in [1.29, 1.82) is 0 Å². The van der Waals surface area contributed by atoms with E-state index in [9.17, 15) is 14.4 Å². The number of carbonyl (C=O) groups excluding carboxylic acids is 3. The summed E-state index contributed by atoms with van der Waals surface area (Å²) in [5.41, 5.74) is 9.33. The van der Waals surface area contributed by atoms with E-state index in [1.807, 2.05) is 18.0 Å². The van der Waals surface area contributed by atoms with Gasteiger partial charge in [-0.2, -0.15) is 5.10 Å². The number of nitrogen functional groups attached to an aromatic ring is 1. The molecule has 1 aromatic carbocycles. The number of anilines is 2. The zero-order chi connectivity index (χ0) is 32.5. The van der Waals surface area contributed by atoms with Crippen LogP contribution >= 0.6 is 11.6 Å². The highest BCUT2D eigenvalue weighted by Crippen LogP contribution is 2.27. The average Bonchev–Trinajstić information content (AvgIpc) is 3.63. The van der Waals surface area contributed by atoms with Crippen LogP contribution in [0, 0.1) is 12.8 Å². The number of likely N-dealkylation sites (tertiary alicyclic amines) is 1. The topological polar surface area (TPSA) is 148 Å². The monoisotopic (exact) mass is 644 g/mol. The van der Waals surface area contributed by atoms with Crippen molar-refractivity contribution < 1.29 is 14.4 Å². The van der Waals surface area contributed by atoms with Crippen LogP contribution in [0.2, 0.25) is 5.02 Å². The Hall–Kier alpha value is -4.75. The molecular formula is C32H37ClN10O3. The van der Waals surface area contributed by atoms with E-state index in [0.717, 1.165) is 37.2 Å². The van der Waals surface area contributed by atoms with E-state index in [-0.39, 0.29) is 28.6 Å². The van der Waals surface area contributed by atoms with Crippen LogP contribution in [0.25, 0.3) is 17.1 Å². The summed E-state index contributed by atoms with van der Waals surface area (Å²) < 4.78 is 3.34. The van der Waals surface area contributed by atoms with Gasteiger partial charge in [0.2, 0.25) is 5.91 Å². The molecule has 240 valence electrons. The summed E-state index contributed by atoms with van der Waals surface area (Å²) in [6.45, 7) is 5.65. The van der Waals surface area contributed by atoms with E-state index in [0.29, 0.717) is 54.6 Å². The quantitative estimate of drug-likeness (QED) is 0.326. The Balaban J connectivity index is 1.08. The van der Waals surface area contributed by atoms with Crippen LogP contribution in [-0.4, -0.2) is 103 Å². The molecule has 2 aliphatic rings. The van der Waals surface area contributed by atoms with Crippen molar-refractivity contribution in [2.75, 3.05) is 57.4 Å². The lowest BCUT2D eigenvalue weighted by atomic mass is 9.95. The first-order valence-corrected chi connectivity index (χ1v) is 15.6. The number of aryl methyl sites for hydroxylation is 1. The lowest BCUT2D eigenvalue weighted by molar-refractivity contribution is -0.138. The first-order valence-electron chi connectivity index (χ1n) is 15.3. The number of piperazine rings is 1. The Morgan fingerprint density at radius 2 is 1.65 bits per heavy atom. The second kappa shape index (κ2) is 12.9. The molecule has 0 spiro atoms. The van der Waals surface area contributed by atoms with Crippen LogP contribution in [0.4, 0.5) is 11.4 Å². The number of piperidine rings is 1. The second-order valence-electron chi connectivity index (χ2n) is 11.9. The molecule has 0 atom stereocenters. The maximum absolute atomic E-state index is 13.3. The van der Waals surface area contributed by atoms with Gasteiger partial charge in [0.1, 0.15) is 0 Å². The number of nitrogens with zero attached hydrogens (tertiary/aromatic N) is 8. The number of halogens is 1. The van der Waals surface area contributed by atoms with Crippen molar-refractivity contribution >= 4 is 40.7 Å². The molecule has 3 amide bonds. The van der Waals surface area contributed by atoms with Gasteiger partial charge < -0.3 is 30.3 Å². The van der Waals surface area contributed by atoms with Crippen LogP contribution in [0.5, 0.6) is 0 Å². The molecule has 6 rings (SSSR count). The Labute approximate surface area is 271 Å². The van der Waals surface area contributed by atoms with Crippen molar-refractivity contribution in [2.24, 2.45) is 13.0 Å². The highest BCUT2D eigenvalue weighted by molar-refractivity contribution is 6.34. The van der Waals surface area contributed by atoms with Crippen molar-refractivity contribution in [3.63, 3.8) is 0 Å². The summed E-state index contributed by atoms with van der Waals surface area (Å²) in [7, 11) is 3.83. The number of rotatable bonds is 6. The molecular weight excluding hydrogens is 608 g/mol. The molecule has 0 aliphatic carbocycles. The van der Waals surface area contributed by atoms with E-state index in [2.05, 4.69) is 32.3 Å². The van der Waals surface area contributed by atoms with E-state index in [1.165, 1.54) is 0 Å². The first-order chi connectivity index (χ1) is 22.1. The Morgan fingerprint density at radius 1 is 0.935 bits per heavy atom. The Kier molecular flexibility index (Phi) is 8.78. The highest BCUT2D eigenvalue weighted by atomic mass is 35.5. The number of nitrogens with one attached hydrogen (secondary N) is 1. The zero-order valence-corrected chi connectivity index (χ0v) is 26.9. The third-order valence-corrected chi connectivity index (χ3v) is 9.09. The zero-order valence-electron chi connectivity index (χ0n) is 26.1. The first kappa shape index (κ1) is 31.2. The molecule has 13 nitrogen and oxygen atoms in total. The Morgan fingerprint density at radius 3 is 2.33 bits per heavy atom. The molecule has 14 heteroatoms. The average molecular weight is 645 g/mol. The maximum atomic E-state index is 13.3. The summed E-state index contributed by atoms with van der Waals surface area (Å²) in [6, 6.07) is 8.35. The molecule has 0 unspecified atom stereocenters. The van der Waals surface area contributed by atoms with Crippen molar-refractivity contribution in [1.82, 2.24) is 39.0 Å². The lowest BCUT2D eigenvalue weighted by Gasteiger charge is -2.38. The molecule has 2 fully saturated rings. The van der Waals surface area contributed by atoms with Gasteiger partial charge in [0.05, 0.1) is 40.1 Å². The number of carbonyl (C=O) groups is 3. The van der Waals surface area contributed by atoms with E-state index in [4.69, 9.17) is 17.3 Å². The lowest BCUT2D eigenvalue weighted by Crippen LogP contribution is -2.52. The SMILES string of the molecule is Cc1nn(-c2ccc(N)cn2)cc1-c1cnc(C(=O)Nc2ccc(C(=O)N3CCN(C(=O)C4CCN(C)CC4)CC3)c(Cl)c2)n1C. The molecule has 0 bridgehead atoms. The van der Waals surface area contributed by atoms with Gasteiger partial charge in [0.25, 0.3) is 11.8 Å². The number of nitrogens with two attached hydrogens (primary N) is 1. The normalized spacial score (nSPS) is 16.1. The molecule has 5 heterocycles. The third-order valence-electron chi connectivity index (χ3n) is 8.78. The molecule has 2 aliphatic heterocycles. The van der Waals surface area contributed by atoms with Crippen LogP contribution in [-0.2, 0) is 11.8 Å². The third kappa shape index (κ3) is 6.33. The van der Waals surface area contributed by atoms with Crippen molar-refractivity contribution in [2.45, 2.75) is 19.8 Å². The summed E-state index contributed by atoms with van der Waals surface area (Å²) in [4.78, 5) is 54.1. The maximum Gasteiger partial charge on any atom is 0.291 e. The summed E-state index contributed by atoms with van der Waals surface area (Å²) in [5, 5.41) is 7.62. The predicted octanol–water partition coefficient (Wildman–Crippen LogP) is 3.09. The fourth-order valence-electron chi connectivity index (χ4n) is 6.00. The predicted molar refractivity (Wildman–Crippen MR) is 175 cm³/mol.